The molecule has 2 aromatic carbocycles. The van der Waals surface area contributed by atoms with Gasteiger partial charge in [0.15, 0.2) is 5.13 Å². The van der Waals surface area contributed by atoms with E-state index in [0.717, 1.165) is 29.5 Å². The molecule has 1 amide bonds. The van der Waals surface area contributed by atoms with Gasteiger partial charge in [0.25, 0.3) is 5.91 Å². The molecule has 6 nitrogen and oxygen atoms in total. The van der Waals surface area contributed by atoms with Crippen molar-refractivity contribution in [2.45, 2.75) is 26.7 Å². The molecule has 10 heteroatoms. The molecule has 2 N–H and O–H groups in total. The molecule has 3 rings (SSSR count). The van der Waals surface area contributed by atoms with Crippen molar-refractivity contribution in [3.05, 3.63) is 75.4 Å². The van der Waals surface area contributed by atoms with Gasteiger partial charge < -0.3 is 9.84 Å². The number of carboxylic acid groups (broad SMARTS) is 1. The van der Waals surface area contributed by atoms with Gasteiger partial charge in [-0.2, -0.15) is 0 Å². The molecule has 35 heavy (non-hydrogen) atoms. The molecule has 0 atom stereocenters. The Bertz CT molecular complexity index is 1250. The maximum absolute atomic E-state index is 15.0. The van der Waals surface area contributed by atoms with Gasteiger partial charge in [-0.3, -0.25) is 10.1 Å². The van der Waals surface area contributed by atoms with Crippen LogP contribution in [0.3, 0.4) is 0 Å². The number of aromatic nitrogens is 1. The monoisotopic (exact) mass is 504 g/mol. The molecule has 0 saturated carbocycles. The lowest BCUT2D eigenvalue weighted by atomic mass is 10.0. The number of benzene rings is 2. The fourth-order valence-electron chi connectivity index (χ4n) is 3.24. The molecular formula is C25H23F3N2O4S. The van der Waals surface area contributed by atoms with Crippen molar-refractivity contribution in [1.82, 2.24) is 4.98 Å². The number of hydrogen-bond acceptors (Lipinski definition) is 5. The zero-order chi connectivity index (χ0) is 25.5. The van der Waals surface area contributed by atoms with E-state index < -0.39 is 34.9 Å². The SMILES string of the molecule is CCOCCCc1cccc(-c2csc(NC(=O)c3cc(F)c(C=C(C)C(=O)O)c(F)c3)n2)c1F. The standard InChI is InChI=1S/C25H23F3N2O4S/c1-3-34-9-5-7-15-6-4-8-17(22(15)28)21-13-35-25(29-21)30-23(31)16-11-19(26)18(20(27)12-16)10-14(2)24(32)33/h4,6,8,10-13H,3,5,7,9H2,1-2H3,(H,32,33)(H,29,30,31). The second-order valence-electron chi connectivity index (χ2n) is 7.56. The third kappa shape index (κ3) is 6.55. The Morgan fingerprint density at radius 2 is 1.91 bits per heavy atom. The molecule has 0 spiro atoms. The number of nitrogens with one attached hydrogen (secondary N) is 1. The fraction of sp³-hybridized carbons (Fsp3) is 0.240. The van der Waals surface area contributed by atoms with E-state index >= 15 is 0 Å². The number of hydrogen-bond donors (Lipinski definition) is 2. The van der Waals surface area contributed by atoms with Crippen LogP contribution in [0.5, 0.6) is 0 Å². The van der Waals surface area contributed by atoms with Gasteiger partial charge in [0.1, 0.15) is 17.5 Å². The zero-order valence-corrected chi connectivity index (χ0v) is 19.8. The molecule has 184 valence electrons. The third-order valence-corrected chi connectivity index (χ3v) is 5.82. The van der Waals surface area contributed by atoms with Gasteiger partial charge in [-0.1, -0.05) is 12.1 Å². The number of carbonyl (C=O) groups is 2. The van der Waals surface area contributed by atoms with Gasteiger partial charge in [0, 0.05) is 40.9 Å². The highest BCUT2D eigenvalue weighted by molar-refractivity contribution is 7.14. The second-order valence-corrected chi connectivity index (χ2v) is 8.42. The molecule has 0 bridgehead atoms. The van der Waals surface area contributed by atoms with Crippen molar-refractivity contribution in [2.75, 3.05) is 18.5 Å². The van der Waals surface area contributed by atoms with E-state index in [9.17, 15) is 22.8 Å². The van der Waals surface area contributed by atoms with E-state index in [1.165, 1.54) is 6.92 Å². The van der Waals surface area contributed by atoms with Crippen LogP contribution < -0.4 is 5.32 Å². The smallest absolute Gasteiger partial charge is 0.331 e. The summed E-state index contributed by atoms with van der Waals surface area (Å²) in [5.41, 5.74) is -0.0204. The highest BCUT2D eigenvalue weighted by Gasteiger charge is 2.18. The number of nitrogens with zero attached hydrogens (tertiary/aromatic N) is 1. The Morgan fingerprint density at radius 1 is 1.20 bits per heavy atom. The quantitative estimate of drug-likeness (QED) is 0.264. The highest BCUT2D eigenvalue weighted by atomic mass is 32.1. The van der Waals surface area contributed by atoms with Crippen LogP contribution in [-0.2, 0) is 16.0 Å². The van der Waals surface area contributed by atoms with E-state index in [2.05, 4.69) is 10.3 Å². The molecule has 0 fully saturated rings. The van der Waals surface area contributed by atoms with E-state index in [1.54, 1.807) is 23.6 Å². The number of ether oxygens (including phenoxy) is 1. The van der Waals surface area contributed by atoms with Gasteiger partial charge in [0.2, 0.25) is 0 Å². The molecule has 3 aromatic rings. The molecule has 0 saturated heterocycles. The van der Waals surface area contributed by atoms with Crippen molar-refractivity contribution >= 4 is 34.4 Å². The van der Waals surface area contributed by atoms with Gasteiger partial charge in [-0.25, -0.2) is 22.9 Å². The van der Waals surface area contributed by atoms with E-state index in [-0.39, 0.29) is 21.8 Å². The first kappa shape index (κ1) is 26.1. The molecule has 1 heterocycles. The summed E-state index contributed by atoms with van der Waals surface area (Å²) in [6.45, 7) is 4.22. The second kappa shape index (κ2) is 11.8. The average molecular weight is 505 g/mol. The lowest BCUT2D eigenvalue weighted by Crippen LogP contribution is -2.13. The average Bonchev–Trinajstić information content (AvgIpc) is 3.27. The van der Waals surface area contributed by atoms with E-state index in [4.69, 9.17) is 9.84 Å². The number of amides is 1. The summed E-state index contributed by atoms with van der Waals surface area (Å²) in [6, 6.07) is 6.61. The summed E-state index contributed by atoms with van der Waals surface area (Å²) in [5, 5.41) is 13.0. The van der Waals surface area contributed by atoms with E-state index in [1.807, 2.05) is 6.92 Å². The van der Waals surface area contributed by atoms with Crippen LogP contribution in [0.15, 0.2) is 41.3 Å². The Labute approximate surface area is 204 Å². The Kier molecular flexibility index (Phi) is 8.78. The van der Waals surface area contributed by atoms with Crippen LogP contribution in [0.4, 0.5) is 18.3 Å². The predicted octanol–water partition coefficient (Wildman–Crippen LogP) is 5.94. The zero-order valence-electron chi connectivity index (χ0n) is 19.0. The number of carbonyl (C=O) groups excluding carboxylic acids is 1. The molecule has 0 unspecified atom stereocenters. The number of carboxylic acids is 1. The summed E-state index contributed by atoms with van der Waals surface area (Å²) in [6.07, 6.45) is 2.02. The lowest BCUT2D eigenvalue weighted by molar-refractivity contribution is -0.132. The normalized spacial score (nSPS) is 11.5. The van der Waals surface area contributed by atoms with Crippen molar-refractivity contribution < 1.29 is 32.6 Å². The Hall–Kier alpha value is -3.50. The van der Waals surface area contributed by atoms with Crippen molar-refractivity contribution in [2.24, 2.45) is 0 Å². The lowest BCUT2D eigenvalue weighted by Gasteiger charge is -2.07. The van der Waals surface area contributed by atoms with Crippen molar-refractivity contribution in [1.29, 1.82) is 0 Å². The molecule has 1 aromatic heterocycles. The van der Waals surface area contributed by atoms with Crippen LogP contribution in [0.2, 0.25) is 0 Å². The van der Waals surface area contributed by atoms with Crippen LogP contribution in [0, 0.1) is 17.5 Å². The van der Waals surface area contributed by atoms with Crippen molar-refractivity contribution in [3.63, 3.8) is 0 Å². The summed E-state index contributed by atoms with van der Waals surface area (Å²) >= 11 is 1.04. The largest absolute Gasteiger partial charge is 0.478 e. The summed E-state index contributed by atoms with van der Waals surface area (Å²) in [4.78, 5) is 27.7. The summed E-state index contributed by atoms with van der Waals surface area (Å²) in [5.74, 6) is -4.72. The maximum atomic E-state index is 15.0. The fourth-order valence-corrected chi connectivity index (χ4v) is 3.94. The van der Waals surface area contributed by atoms with E-state index in [0.29, 0.717) is 37.3 Å². The first-order valence-electron chi connectivity index (χ1n) is 10.7. The topological polar surface area (TPSA) is 88.5 Å². The number of rotatable bonds is 10. The Morgan fingerprint density at radius 3 is 2.57 bits per heavy atom. The first-order chi connectivity index (χ1) is 16.7. The predicted molar refractivity (Wildman–Crippen MR) is 128 cm³/mol. The van der Waals surface area contributed by atoms with Crippen LogP contribution in [0.25, 0.3) is 17.3 Å². The number of anilines is 1. The molecular weight excluding hydrogens is 481 g/mol. The van der Waals surface area contributed by atoms with Gasteiger partial charge in [0.05, 0.1) is 5.69 Å². The minimum absolute atomic E-state index is 0.123. The number of thiazole rings is 1. The molecule has 0 aliphatic heterocycles. The van der Waals surface area contributed by atoms with Crippen LogP contribution >= 0.6 is 11.3 Å². The van der Waals surface area contributed by atoms with Gasteiger partial charge in [-0.15, -0.1) is 11.3 Å². The number of halogens is 3. The maximum Gasteiger partial charge on any atom is 0.331 e. The molecule has 0 radical (unpaired) electrons. The molecule has 0 aliphatic rings. The third-order valence-electron chi connectivity index (χ3n) is 5.06. The summed E-state index contributed by atoms with van der Waals surface area (Å²) in [7, 11) is 0. The van der Waals surface area contributed by atoms with Crippen LogP contribution in [-0.4, -0.2) is 35.2 Å². The first-order valence-corrected chi connectivity index (χ1v) is 11.6. The van der Waals surface area contributed by atoms with Gasteiger partial charge >= 0.3 is 5.97 Å². The minimum atomic E-state index is -1.32. The highest BCUT2D eigenvalue weighted by Crippen LogP contribution is 2.29. The van der Waals surface area contributed by atoms with Gasteiger partial charge in [-0.05, 0) is 56.5 Å². The minimum Gasteiger partial charge on any atom is -0.478 e. The summed E-state index contributed by atoms with van der Waals surface area (Å²) < 4.78 is 49.0. The van der Waals surface area contributed by atoms with Crippen molar-refractivity contribution in [3.8, 4) is 11.3 Å². The number of aliphatic carboxylic acids is 1. The number of aryl methyl sites for hydroxylation is 1. The van der Waals surface area contributed by atoms with Crippen LogP contribution in [0.1, 0.15) is 41.8 Å². The Balaban J connectivity index is 1.76. The molecule has 0 aliphatic carbocycles.